The van der Waals surface area contributed by atoms with E-state index in [1.807, 2.05) is 0 Å². The number of hydrogen-bond donors (Lipinski definition) is 1. The maximum Gasteiger partial charge on any atom is 0.270 e. The van der Waals surface area contributed by atoms with Crippen LogP contribution in [0.4, 0.5) is 4.39 Å². The molecule has 0 aliphatic rings. The minimum absolute atomic E-state index is 0.0364. The molecular weight excluding hydrogens is 443 g/mol. The molecule has 1 aromatic carbocycles. The van der Waals surface area contributed by atoms with Crippen molar-refractivity contribution >= 4 is 38.4 Å². The normalized spacial score (nSPS) is 11.7. The molecule has 0 aliphatic carbocycles. The van der Waals surface area contributed by atoms with Gasteiger partial charge in [0, 0.05) is 42.6 Å². The lowest BCUT2D eigenvalue weighted by Gasteiger charge is -2.10. The van der Waals surface area contributed by atoms with Crippen LogP contribution in [-0.4, -0.2) is 27.8 Å². The minimum atomic E-state index is -3.98. The zero-order valence-electron chi connectivity index (χ0n) is 16.6. The third kappa shape index (κ3) is 3.60. The van der Waals surface area contributed by atoms with Gasteiger partial charge >= 0.3 is 0 Å². The van der Waals surface area contributed by atoms with Gasteiger partial charge in [-0.25, -0.2) is 16.8 Å². The SMILES string of the molecule is Cc1c(S(=O)(=O)n2cccc2Cl)cc(C(=O)NCc2c(F)ccc3ncccc23)n1C. The van der Waals surface area contributed by atoms with Gasteiger partial charge in [-0.15, -0.1) is 0 Å². The molecule has 160 valence electrons. The van der Waals surface area contributed by atoms with Crippen molar-refractivity contribution in [1.29, 1.82) is 0 Å². The van der Waals surface area contributed by atoms with E-state index < -0.39 is 21.7 Å². The molecule has 31 heavy (non-hydrogen) atoms. The highest BCUT2D eigenvalue weighted by molar-refractivity contribution is 7.90. The molecule has 0 saturated heterocycles. The van der Waals surface area contributed by atoms with Crippen molar-refractivity contribution in [2.45, 2.75) is 18.4 Å². The molecule has 0 aliphatic heterocycles. The fourth-order valence-electron chi connectivity index (χ4n) is 3.42. The van der Waals surface area contributed by atoms with E-state index in [1.54, 1.807) is 38.4 Å². The monoisotopic (exact) mass is 460 g/mol. The molecular formula is C21H18ClFN4O3S. The van der Waals surface area contributed by atoms with E-state index >= 15 is 0 Å². The van der Waals surface area contributed by atoms with Crippen LogP contribution >= 0.6 is 11.6 Å². The molecule has 4 rings (SSSR count). The van der Waals surface area contributed by atoms with Crippen LogP contribution in [0.1, 0.15) is 21.7 Å². The van der Waals surface area contributed by atoms with E-state index in [2.05, 4.69) is 10.3 Å². The molecule has 1 N–H and O–H groups in total. The highest BCUT2D eigenvalue weighted by atomic mass is 35.5. The number of hydrogen-bond acceptors (Lipinski definition) is 4. The zero-order valence-corrected chi connectivity index (χ0v) is 18.2. The Morgan fingerprint density at radius 3 is 2.71 bits per heavy atom. The summed E-state index contributed by atoms with van der Waals surface area (Å²) in [5, 5.41) is 3.30. The van der Waals surface area contributed by atoms with Gasteiger partial charge in [0.15, 0.2) is 0 Å². The summed E-state index contributed by atoms with van der Waals surface area (Å²) in [6, 6.07) is 10.5. The van der Waals surface area contributed by atoms with Gasteiger partial charge in [0.2, 0.25) is 0 Å². The molecule has 0 atom stereocenters. The van der Waals surface area contributed by atoms with E-state index in [0.29, 0.717) is 22.2 Å². The van der Waals surface area contributed by atoms with Crippen LogP contribution in [0.2, 0.25) is 5.15 Å². The topological polar surface area (TPSA) is 86.0 Å². The van der Waals surface area contributed by atoms with Gasteiger partial charge in [-0.3, -0.25) is 9.78 Å². The van der Waals surface area contributed by atoms with Crippen LogP contribution in [0.25, 0.3) is 10.9 Å². The molecule has 0 unspecified atom stereocenters. The number of aromatic nitrogens is 3. The van der Waals surface area contributed by atoms with Crippen LogP contribution in [0.5, 0.6) is 0 Å². The zero-order chi connectivity index (χ0) is 22.3. The van der Waals surface area contributed by atoms with Crippen molar-refractivity contribution < 1.29 is 17.6 Å². The summed E-state index contributed by atoms with van der Waals surface area (Å²) >= 11 is 5.97. The molecule has 1 amide bonds. The first-order chi connectivity index (χ1) is 14.7. The maximum absolute atomic E-state index is 14.4. The lowest BCUT2D eigenvalue weighted by Crippen LogP contribution is -2.25. The fourth-order valence-corrected chi connectivity index (χ4v) is 5.33. The van der Waals surface area contributed by atoms with Crippen molar-refractivity contribution in [3.8, 4) is 0 Å². The number of amides is 1. The van der Waals surface area contributed by atoms with Gasteiger partial charge in [-0.1, -0.05) is 17.7 Å². The summed E-state index contributed by atoms with van der Waals surface area (Å²) in [6.45, 7) is 1.51. The van der Waals surface area contributed by atoms with E-state index in [0.717, 1.165) is 3.97 Å². The predicted molar refractivity (Wildman–Crippen MR) is 115 cm³/mol. The average molecular weight is 461 g/mol. The van der Waals surface area contributed by atoms with Crippen molar-refractivity contribution in [2.75, 3.05) is 0 Å². The lowest BCUT2D eigenvalue weighted by molar-refractivity contribution is 0.0942. The smallest absolute Gasteiger partial charge is 0.270 e. The summed E-state index contributed by atoms with van der Waals surface area (Å²) in [5.41, 5.74) is 1.41. The van der Waals surface area contributed by atoms with Crippen LogP contribution < -0.4 is 5.32 Å². The number of benzene rings is 1. The first-order valence-electron chi connectivity index (χ1n) is 9.27. The quantitative estimate of drug-likeness (QED) is 0.492. The molecule has 0 radical (unpaired) electrons. The van der Waals surface area contributed by atoms with Crippen molar-refractivity contribution in [2.24, 2.45) is 7.05 Å². The Morgan fingerprint density at radius 1 is 1.23 bits per heavy atom. The van der Waals surface area contributed by atoms with Gasteiger partial charge in [0.1, 0.15) is 21.6 Å². The number of rotatable bonds is 5. The number of carbonyl (C=O) groups excluding carboxylic acids is 1. The van der Waals surface area contributed by atoms with Gasteiger partial charge in [0.05, 0.1) is 5.52 Å². The number of nitrogens with one attached hydrogen (secondary N) is 1. The molecule has 7 nitrogen and oxygen atoms in total. The Bertz CT molecular complexity index is 1430. The number of nitrogens with zero attached hydrogens (tertiary/aromatic N) is 3. The maximum atomic E-state index is 14.4. The first kappa shape index (κ1) is 21.1. The lowest BCUT2D eigenvalue weighted by atomic mass is 10.1. The third-order valence-electron chi connectivity index (χ3n) is 5.19. The van der Waals surface area contributed by atoms with E-state index in [9.17, 15) is 17.6 Å². The van der Waals surface area contributed by atoms with Crippen molar-refractivity contribution in [3.63, 3.8) is 0 Å². The molecule has 0 fully saturated rings. The molecule has 0 bridgehead atoms. The Labute approximate surface area is 183 Å². The Morgan fingerprint density at radius 2 is 2.00 bits per heavy atom. The van der Waals surface area contributed by atoms with E-state index in [-0.39, 0.29) is 22.3 Å². The second-order valence-electron chi connectivity index (χ2n) is 6.95. The largest absolute Gasteiger partial charge is 0.347 e. The van der Waals surface area contributed by atoms with Crippen molar-refractivity contribution in [1.82, 2.24) is 18.8 Å². The number of pyridine rings is 1. The minimum Gasteiger partial charge on any atom is -0.347 e. The van der Waals surface area contributed by atoms with Crippen LogP contribution in [0.15, 0.2) is 59.8 Å². The average Bonchev–Trinajstić information content (AvgIpc) is 3.31. The second kappa shape index (κ2) is 7.82. The molecule has 4 aromatic rings. The standard InChI is InChI=1S/C21H18ClFN4O3S/c1-13-19(31(29,30)27-10-4-6-20(27)22)11-18(26(13)2)21(28)25-12-15-14-5-3-9-24-17(14)8-7-16(15)23/h3-11H,12H2,1-2H3,(H,25,28). The molecule has 3 aromatic heterocycles. The highest BCUT2D eigenvalue weighted by Gasteiger charge is 2.27. The Hall–Kier alpha value is -3.17. The Kier molecular flexibility index (Phi) is 5.32. The van der Waals surface area contributed by atoms with Gasteiger partial charge in [0.25, 0.3) is 15.9 Å². The number of fused-ring (bicyclic) bond motifs is 1. The van der Waals surface area contributed by atoms with Crippen LogP contribution in [0, 0.1) is 12.7 Å². The van der Waals surface area contributed by atoms with Gasteiger partial charge < -0.3 is 9.88 Å². The summed E-state index contributed by atoms with van der Waals surface area (Å²) in [4.78, 5) is 17.0. The van der Waals surface area contributed by atoms with E-state index in [4.69, 9.17) is 11.6 Å². The van der Waals surface area contributed by atoms with E-state index in [1.165, 1.54) is 35.0 Å². The predicted octanol–water partition coefficient (Wildman–Crippen LogP) is 3.64. The molecule has 10 heteroatoms. The number of halogens is 2. The number of carbonyl (C=O) groups is 1. The third-order valence-corrected chi connectivity index (χ3v) is 7.40. The van der Waals surface area contributed by atoms with Crippen LogP contribution in [0.3, 0.4) is 0 Å². The molecule has 3 heterocycles. The molecule has 0 saturated carbocycles. The van der Waals surface area contributed by atoms with Gasteiger partial charge in [-0.05, 0) is 43.3 Å². The fraction of sp³-hybridized carbons (Fsp3) is 0.143. The summed E-state index contributed by atoms with van der Waals surface area (Å²) < 4.78 is 42.8. The summed E-state index contributed by atoms with van der Waals surface area (Å²) in [7, 11) is -2.39. The van der Waals surface area contributed by atoms with Crippen molar-refractivity contribution in [3.05, 3.63) is 82.8 Å². The summed E-state index contributed by atoms with van der Waals surface area (Å²) in [6.07, 6.45) is 2.94. The Balaban J connectivity index is 1.65. The van der Waals surface area contributed by atoms with Gasteiger partial charge in [-0.2, -0.15) is 0 Å². The first-order valence-corrected chi connectivity index (χ1v) is 11.1. The molecule has 0 spiro atoms. The second-order valence-corrected chi connectivity index (χ2v) is 9.12. The highest BCUT2D eigenvalue weighted by Crippen LogP contribution is 2.25. The van der Waals surface area contributed by atoms with Crippen LogP contribution in [-0.2, 0) is 23.6 Å². The summed E-state index contributed by atoms with van der Waals surface area (Å²) in [5.74, 6) is -1.000.